The van der Waals surface area contributed by atoms with Gasteiger partial charge in [0.15, 0.2) is 17.6 Å². The lowest BCUT2D eigenvalue weighted by Crippen LogP contribution is -2.37. The zero-order chi connectivity index (χ0) is 16.9. The van der Waals surface area contributed by atoms with Gasteiger partial charge in [0.05, 0.1) is 0 Å². The van der Waals surface area contributed by atoms with Crippen LogP contribution in [-0.2, 0) is 11.2 Å². The number of aryl methyl sites for hydroxylation is 1. The summed E-state index contributed by atoms with van der Waals surface area (Å²) in [6.07, 6.45) is 0.184. The summed E-state index contributed by atoms with van der Waals surface area (Å²) in [5.74, 6) is 2.09. The van der Waals surface area contributed by atoms with E-state index in [-0.39, 0.29) is 12.7 Å². The van der Waals surface area contributed by atoms with Crippen LogP contribution in [0.5, 0.6) is 17.2 Å². The zero-order valence-corrected chi connectivity index (χ0v) is 13.9. The third kappa shape index (κ3) is 3.98. The minimum Gasteiger partial charge on any atom is -0.481 e. The Morgan fingerprint density at radius 3 is 2.71 bits per heavy atom. The summed E-state index contributed by atoms with van der Waals surface area (Å²) in [6, 6.07) is 13.5. The van der Waals surface area contributed by atoms with Crippen molar-refractivity contribution >= 4 is 5.91 Å². The molecule has 0 aromatic heterocycles. The Kier molecular flexibility index (Phi) is 4.89. The van der Waals surface area contributed by atoms with E-state index in [1.807, 2.05) is 49.4 Å². The summed E-state index contributed by atoms with van der Waals surface area (Å²) in [6.45, 7) is 4.56. The minimum absolute atomic E-state index is 0.128. The Morgan fingerprint density at radius 1 is 1.17 bits per heavy atom. The Labute approximate surface area is 141 Å². The van der Waals surface area contributed by atoms with Gasteiger partial charge in [-0.05, 0) is 50.1 Å². The number of ether oxygens (including phenoxy) is 3. The van der Waals surface area contributed by atoms with E-state index in [0.29, 0.717) is 12.3 Å². The second-order valence-electron chi connectivity index (χ2n) is 5.80. The molecule has 1 N–H and O–H groups in total. The van der Waals surface area contributed by atoms with Crippen LogP contribution in [0.1, 0.15) is 18.1 Å². The highest BCUT2D eigenvalue weighted by molar-refractivity contribution is 5.80. The molecule has 0 aliphatic carbocycles. The average Bonchev–Trinajstić information content (AvgIpc) is 3.04. The Bertz CT molecular complexity index is 712. The third-order valence-electron chi connectivity index (χ3n) is 3.85. The molecule has 3 rings (SSSR count). The van der Waals surface area contributed by atoms with Crippen molar-refractivity contribution in [2.45, 2.75) is 26.4 Å². The summed E-state index contributed by atoms with van der Waals surface area (Å²) in [4.78, 5) is 12.1. The van der Waals surface area contributed by atoms with Crippen LogP contribution < -0.4 is 19.5 Å². The molecule has 2 aromatic rings. The zero-order valence-electron chi connectivity index (χ0n) is 13.9. The Hall–Kier alpha value is -2.69. The first-order chi connectivity index (χ1) is 11.6. The molecule has 5 nitrogen and oxygen atoms in total. The summed E-state index contributed by atoms with van der Waals surface area (Å²) in [7, 11) is 0. The minimum atomic E-state index is -0.538. The van der Waals surface area contributed by atoms with E-state index in [0.717, 1.165) is 29.0 Å². The molecule has 0 radical (unpaired) electrons. The van der Waals surface area contributed by atoms with Crippen LogP contribution in [0.15, 0.2) is 42.5 Å². The number of carbonyl (C=O) groups is 1. The first-order valence-electron chi connectivity index (χ1n) is 8.01. The summed E-state index contributed by atoms with van der Waals surface area (Å²) in [5.41, 5.74) is 2.25. The monoisotopic (exact) mass is 327 g/mol. The lowest BCUT2D eigenvalue weighted by molar-refractivity contribution is -0.127. The highest BCUT2D eigenvalue weighted by Gasteiger charge is 2.15. The topological polar surface area (TPSA) is 56.8 Å². The van der Waals surface area contributed by atoms with Crippen molar-refractivity contribution in [2.24, 2.45) is 0 Å². The molecular formula is C19H21NO4. The Balaban J connectivity index is 1.45. The van der Waals surface area contributed by atoms with Crippen LogP contribution >= 0.6 is 0 Å². The number of fused-ring (bicyclic) bond motifs is 1. The van der Waals surface area contributed by atoms with E-state index in [1.54, 1.807) is 6.92 Å². The van der Waals surface area contributed by atoms with Crippen LogP contribution in [0.25, 0.3) is 0 Å². The summed E-state index contributed by atoms with van der Waals surface area (Å²) < 4.78 is 16.3. The van der Waals surface area contributed by atoms with Gasteiger partial charge >= 0.3 is 0 Å². The van der Waals surface area contributed by atoms with Gasteiger partial charge in [0.1, 0.15) is 5.75 Å². The predicted molar refractivity (Wildman–Crippen MR) is 90.5 cm³/mol. The van der Waals surface area contributed by atoms with Gasteiger partial charge in [-0.1, -0.05) is 23.8 Å². The number of hydrogen-bond acceptors (Lipinski definition) is 4. The third-order valence-corrected chi connectivity index (χ3v) is 3.85. The maximum absolute atomic E-state index is 12.1. The lowest BCUT2D eigenvalue weighted by Gasteiger charge is -2.15. The fourth-order valence-electron chi connectivity index (χ4n) is 2.44. The van der Waals surface area contributed by atoms with Crippen molar-refractivity contribution in [1.29, 1.82) is 0 Å². The van der Waals surface area contributed by atoms with Crippen LogP contribution in [-0.4, -0.2) is 25.3 Å². The van der Waals surface area contributed by atoms with E-state index < -0.39 is 6.10 Å². The van der Waals surface area contributed by atoms with Gasteiger partial charge in [-0.15, -0.1) is 0 Å². The largest absolute Gasteiger partial charge is 0.481 e. The van der Waals surface area contributed by atoms with E-state index >= 15 is 0 Å². The molecule has 126 valence electrons. The van der Waals surface area contributed by atoms with Gasteiger partial charge in [0.2, 0.25) is 6.79 Å². The fourth-order valence-corrected chi connectivity index (χ4v) is 2.44. The van der Waals surface area contributed by atoms with Crippen molar-refractivity contribution in [2.75, 3.05) is 13.3 Å². The maximum Gasteiger partial charge on any atom is 0.260 e. The molecule has 0 fully saturated rings. The van der Waals surface area contributed by atoms with Crippen LogP contribution in [0.3, 0.4) is 0 Å². The van der Waals surface area contributed by atoms with Crippen LogP contribution in [0, 0.1) is 6.92 Å². The van der Waals surface area contributed by atoms with Crippen molar-refractivity contribution in [3.05, 3.63) is 53.6 Å². The molecule has 1 unspecified atom stereocenters. The molecular weight excluding hydrogens is 306 g/mol. The van der Waals surface area contributed by atoms with Gasteiger partial charge in [-0.2, -0.15) is 0 Å². The maximum atomic E-state index is 12.1. The number of amides is 1. The van der Waals surface area contributed by atoms with Crippen molar-refractivity contribution < 1.29 is 19.0 Å². The Morgan fingerprint density at radius 2 is 1.92 bits per heavy atom. The van der Waals surface area contributed by atoms with E-state index in [1.165, 1.54) is 0 Å². The van der Waals surface area contributed by atoms with Gasteiger partial charge in [0.25, 0.3) is 5.91 Å². The van der Waals surface area contributed by atoms with E-state index in [2.05, 4.69) is 5.32 Å². The van der Waals surface area contributed by atoms with E-state index in [9.17, 15) is 4.79 Å². The van der Waals surface area contributed by atoms with Gasteiger partial charge in [-0.3, -0.25) is 4.79 Å². The quantitative estimate of drug-likeness (QED) is 0.886. The van der Waals surface area contributed by atoms with E-state index in [4.69, 9.17) is 14.2 Å². The highest BCUT2D eigenvalue weighted by Crippen LogP contribution is 2.32. The first-order valence-corrected chi connectivity index (χ1v) is 8.01. The first kappa shape index (κ1) is 16.2. The molecule has 1 atom stereocenters. The van der Waals surface area contributed by atoms with Gasteiger partial charge in [-0.25, -0.2) is 0 Å². The standard InChI is InChI=1S/C19H21NO4/c1-13-3-6-16(7-4-13)24-14(2)19(21)20-10-9-15-5-8-17-18(11-15)23-12-22-17/h3-8,11,14H,9-10,12H2,1-2H3,(H,20,21). The molecule has 1 heterocycles. The molecule has 0 saturated heterocycles. The molecule has 1 amide bonds. The molecule has 0 bridgehead atoms. The van der Waals surface area contributed by atoms with Gasteiger partial charge < -0.3 is 19.5 Å². The number of benzene rings is 2. The molecule has 1 aliphatic heterocycles. The van der Waals surface area contributed by atoms with Crippen LogP contribution in [0.4, 0.5) is 0 Å². The summed E-state index contributed by atoms with van der Waals surface area (Å²) >= 11 is 0. The molecule has 5 heteroatoms. The number of nitrogens with one attached hydrogen (secondary N) is 1. The van der Waals surface area contributed by atoms with Crippen molar-refractivity contribution in [3.63, 3.8) is 0 Å². The predicted octanol–water partition coefficient (Wildman–Crippen LogP) is 2.85. The second-order valence-corrected chi connectivity index (χ2v) is 5.80. The van der Waals surface area contributed by atoms with Gasteiger partial charge in [0, 0.05) is 6.54 Å². The highest BCUT2D eigenvalue weighted by atomic mass is 16.7. The molecule has 1 aliphatic rings. The fraction of sp³-hybridized carbons (Fsp3) is 0.316. The normalized spacial score (nSPS) is 13.4. The SMILES string of the molecule is Cc1ccc(OC(C)C(=O)NCCc2ccc3c(c2)OCO3)cc1. The second kappa shape index (κ2) is 7.25. The average molecular weight is 327 g/mol. The lowest BCUT2D eigenvalue weighted by atomic mass is 10.1. The van der Waals surface area contributed by atoms with Crippen molar-refractivity contribution in [1.82, 2.24) is 5.32 Å². The molecule has 24 heavy (non-hydrogen) atoms. The van der Waals surface area contributed by atoms with Crippen molar-refractivity contribution in [3.8, 4) is 17.2 Å². The number of rotatable bonds is 6. The number of hydrogen-bond donors (Lipinski definition) is 1. The molecule has 2 aromatic carbocycles. The molecule has 0 spiro atoms. The smallest absolute Gasteiger partial charge is 0.260 e. The number of carbonyl (C=O) groups excluding carboxylic acids is 1. The molecule has 0 saturated carbocycles. The summed E-state index contributed by atoms with van der Waals surface area (Å²) in [5, 5.41) is 2.89. The van der Waals surface area contributed by atoms with Crippen LogP contribution in [0.2, 0.25) is 0 Å².